The Balaban J connectivity index is 2.34. The van der Waals surface area contributed by atoms with Gasteiger partial charge in [0.15, 0.2) is 0 Å². The predicted octanol–water partition coefficient (Wildman–Crippen LogP) is 4.60. The Bertz CT molecular complexity index is 539. The van der Waals surface area contributed by atoms with E-state index in [-0.39, 0.29) is 0 Å². The first-order valence-electron chi connectivity index (χ1n) is 6.92. The molecular weight excluding hydrogens is 256 g/mol. The van der Waals surface area contributed by atoms with E-state index in [0.29, 0.717) is 5.88 Å². The molecule has 0 fully saturated rings. The third-order valence-electron chi connectivity index (χ3n) is 3.39. The maximum Gasteiger partial charge on any atom is 0.0726 e. The fraction of sp³-hybridized carbons (Fsp3) is 0.438. The summed E-state index contributed by atoms with van der Waals surface area (Å²) in [6.07, 6.45) is 3.74. The summed E-state index contributed by atoms with van der Waals surface area (Å²) < 4.78 is 0. The van der Waals surface area contributed by atoms with Gasteiger partial charge in [0.2, 0.25) is 0 Å². The Kier molecular flexibility index (Phi) is 5.03. The standard InChI is InChI=1S/C16H21ClN2/c1-3-4-7-10-19(2)16-11-13(12-17)18-15-9-6-5-8-14(15)16/h5-6,8-9,11H,3-4,7,10,12H2,1-2H3. The normalized spacial score (nSPS) is 10.9. The van der Waals surface area contributed by atoms with E-state index < -0.39 is 0 Å². The van der Waals surface area contributed by atoms with Gasteiger partial charge in [-0.15, -0.1) is 11.6 Å². The Morgan fingerprint density at radius 3 is 2.74 bits per heavy atom. The van der Waals surface area contributed by atoms with Crippen LogP contribution in [0.4, 0.5) is 5.69 Å². The molecular formula is C16H21ClN2. The van der Waals surface area contributed by atoms with E-state index in [0.717, 1.165) is 17.8 Å². The molecule has 0 unspecified atom stereocenters. The van der Waals surface area contributed by atoms with E-state index in [1.54, 1.807) is 0 Å². The Morgan fingerprint density at radius 1 is 1.21 bits per heavy atom. The lowest BCUT2D eigenvalue weighted by Gasteiger charge is -2.21. The molecule has 1 aromatic heterocycles. The third-order valence-corrected chi connectivity index (χ3v) is 3.67. The van der Waals surface area contributed by atoms with Crippen LogP contribution in [-0.4, -0.2) is 18.6 Å². The van der Waals surface area contributed by atoms with Crippen LogP contribution in [0.15, 0.2) is 30.3 Å². The predicted molar refractivity (Wildman–Crippen MR) is 84.1 cm³/mol. The number of para-hydroxylation sites is 1. The first kappa shape index (κ1) is 14.1. The molecule has 0 amide bonds. The second-order valence-corrected chi connectivity index (χ2v) is 5.18. The zero-order valence-electron chi connectivity index (χ0n) is 11.7. The van der Waals surface area contributed by atoms with Crippen LogP contribution in [-0.2, 0) is 5.88 Å². The molecule has 0 radical (unpaired) electrons. The van der Waals surface area contributed by atoms with Crippen molar-refractivity contribution in [2.75, 3.05) is 18.5 Å². The van der Waals surface area contributed by atoms with Crippen molar-refractivity contribution in [3.63, 3.8) is 0 Å². The van der Waals surface area contributed by atoms with Crippen molar-refractivity contribution in [1.82, 2.24) is 4.98 Å². The summed E-state index contributed by atoms with van der Waals surface area (Å²) in [5.41, 5.74) is 3.20. The zero-order valence-corrected chi connectivity index (χ0v) is 12.5. The average molecular weight is 277 g/mol. The summed E-state index contributed by atoms with van der Waals surface area (Å²) in [7, 11) is 2.15. The van der Waals surface area contributed by atoms with Crippen molar-refractivity contribution in [3.05, 3.63) is 36.0 Å². The summed E-state index contributed by atoms with van der Waals surface area (Å²) in [6, 6.07) is 10.4. The van der Waals surface area contributed by atoms with E-state index in [1.807, 2.05) is 6.07 Å². The number of benzene rings is 1. The minimum absolute atomic E-state index is 0.459. The maximum atomic E-state index is 5.95. The van der Waals surface area contributed by atoms with Gasteiger partial charge in [-0.2, -0.15) is 0 Å². The molecule has 2 rings (SSSR count). The monoisotopic (exact) mass is 276 g/mol. The van der Waals surface area contributed by atoms with E-state index in [1.165, 1.54) is 30.3 Å². The molecule has 0 aliphatic rings. The number of nitrogens with zero attached hydrogens (tertiary/aromatic N) is 2. The van der Waals surface area contributed by atoms with Crippen molar-refractivity contribution in [2.45, 2.75) is 32.1 Å². The number of hydrogen-bond donors (Lipinski definition) is 0. The van der Waals surface area contributed by atoms with E-state index >= 15 is 0 Å². The number of rotatable bonds is 6. The van der Waals surface area contributed by atoms with Crippen LogP contribution in [0.2, 0.25) is 0 Å². The molecule has 0 saturated carbocycles. The minimum Gasteiger partial charge on any atom is -0.374 e. The number of aromatic nitrogens is 1. The zero-order chi connectivity index (χ0) is 13.7. The molecule has 3 heteroatoms. The molecule has 2 nitrogen and oxygen atoms in total. The van der Waals surface area contributed by atoms with Gasteiger partial charge in [0, 0.05) is 24.7 Å². The largest absolute Gasteiger partial charge is 0.374 e. The summed E-state index contributed by atoms with van der Waals surface area (Å²) in [5.74, 6) is 0.459. The van der Waals surface area contributed by atoms with Crippen LogP contribution in [0, 0.1) is 0 Å². The number of hydrogen-bond acceptors (Lipinski definition) is 2. The van der Waals surface area contributed by atoms with Crippen LogP contribution < -0.4 is 4.90 Å². The Labute approximate surface area is 120 Å². The molecule has 1 heterocycles. The third kappa shape index (κ3) is 3.38. The number of anilines is 1. The van der Waals surface area contributed by atoms with Gasteiger partial charge in [0.1, 0.15) is 0 Å². The molecule has 0 aliphatic heterocycles. The van der Waals surface area contributed by atoms with Gasteiger partial charge in [-0.1, -0.05) is 38.0 Å². The summed E-state index contributed by atoms with van der Waals surface area (Å²) in [6.45, 7) is 3.30. The van der Waals surface area contributed by atoms with E-state index in [9.17, 15) is 0 Å². The van der Waals surface area contributed by atoms with Gasteiger partial charge in [-0.25, -0.2) is 0 Å². The molecule has 1 aromatic carbocycles. The van der Waals surface area contributed by atoms with Crippen molar-refractivity contribution in [2.24, 2.45) is 0 Å². The molecule has 0 spiro atoms. The highest BCUT2D eigenvalue weighted by Gasteiger charge is 2.08. The van der Waals surface area contributed by atoms with Crippen LogP contribution in [0.5, 0.6) is 0 Å². The molecule has 0 saturated heterocycles. The number of pyridine rings is 1. The van der Waals surface area contributed by atoms with E-state index in [4.69, 9.17) is 11.6 Å². The van der Waals surface area contributed by atoms with Crippen LogP contribution in [0.25, 0.3) is 10.9 Å². The molecule has 0 N–H and O–H groups in total. The van der Waals surface area contributed by atoms with Gasteiger partial charge in [-0.3, -0.25) is 4.98 Å². The van der Waals surface area contributed by atoms with Gasteiger partial charge in [0.25, 0.3) is 0 Å². The maximum absolute atomic E-state index is 5.95. The molecule has 19 heavy (non-hydrogen) atoms. The Morgan fingerprint density at radius 2 is 2.00 bits per heavy atom. The molecule has 0 aliphatic carbocycles. The number of fused-ring (bicyclic) bond motifs is 1. The van der Waals surface area contributed by atoms with Crippen molar-refractivity contribution in [1.29, 1.82) is 0 Å². The lowest BCUT2D eigenvalue weighted by Crippen LogP contribution is -2.19. The minimum atomic E-state index is 0.459. The van der Waals surface area contributed by atoms with Gasteiger partial charge < -0.3 is 4.90 Å². The number of unbranched alkanes of at least 4 members (excludes halogenated alkanes) is 2. The fourth-order valence-corrected chi connectivity index (χ4v) is 2.45. The Hall–Kier alpha value is -1.28. The van der Waals surface area contributed by atoms with E-state index in [2.05, 4.69) is 48.1 Å². The fourth-order valence-electron chi connectivity index (χ4n) is 2.31. The summed E-state index contributed by atoms with van der Waals surface area (Å²) in [4.78, 5) is 6.89. The summed E-state index contributed by atoms with van der Waals surface area (Å²) >= 11 is 5.95. The first-order chi connectivity index (χ1) is 9.26. The average Bonchev–Trinajstić information content (AvgIpc) is 2.46. The first-order valence-corrected chi connectivity index (χ1v) is 7.45. The SMILES string of the molecule is CCCCCN(C)c1cc(CCl)nc2ccccc12. The highest BCUT2D eigenvalue weighted by atomic mass is 35.5. The lowest BCUT2D eigenvalue weighted by molar-refractivity contribution is 0.706. The second-order valence-electron chi connectivity index (χ2n) is 4.91. The summed E-state index contributed by atoms with van der Waals surface area (Å²) in [5, 5.41) is 1.20. The topological polar surface area (TPSA) is 16.1 Å². The highest BCUT2D eigenvalue weighted by molar-refractivity contribution is 6.17. The van der Waals surface area contributed by atoms with Crippen LogP contribution in [0.3, 0.4) is 0 Å². The lowest BCUT2D eigenvalue weighted by atomic mass is 10.1. The van der Waals surface area contributed by atoms with Crippen molar-refractivity contribution < 1.29 is 0 Å². The van der Waals surface area contributed by atoms with Crippen LogP contribution in [0.1, 0.15) is 31.9 Å². The van der Waals surface area contributed by atoms with Gasteiger partial charge in [0.05, 0.1) is 17.1 Å². The van der Waals surface area contributed by atoms with Gasteiger partial charge >= 0.3 is 0 Å². The van der Waals surface area contributed by atoms with Gasteiger partial charge in [-0.05, 0) is 18.6 Å². The van der Waals surface area contributed by atoms with Crippen molar-refractivity contribution >= 4 is 28.2 Å². The number of halogens is 1. The molecule has 2 aromatic rings. The number of alkyl halides is 1. The van der Waals surface area contributed by atoms with Crippen molar-refractivity contribution in [3.8, 4) is 0 Å². The quantitative estimate of drug-likeness (QED) is 0.566. The molecule has 102 valence electrons. The van der Waals surface area contributed by atoms with Crippen LogP contribution >= 0.6 is 11.6 Å². The highest BCUT2D eigenvalue weighted by Crippen LogP contribution is 2.26. The smallest absolute Gasteiger partial charge is 0.0726 e. The second kappa shape index (κ2) is 6.76. The molecule has 0 bridgehead atoms. The molecule has 0 atom stereocenters.